The Hall–Kier alpha value is -6.80. The number of nitrogens with two attached hydrogens (primary N) is 2. The molecule has 6 N–H and O–H groups in total. The van der Waals surface area contributed by atoms with Gasteiger partial charge in [0, 0.05) is 36.2 Å². The summed E-state index contributed by atoms with van der Waals surface area (Å²) in [6.07, 6.45) is 0.595. The standard InChI is InChI=1S/C17H18N2OS2.C15H14N2O2S2.C15H16N2S2.C10H15NS.C5H3NO3S.C2H6O/c1-8-9(2)11(4)16-15(10(8)3)19-17(22-16)13-6-7-14(21-13)18-12(5)20;1-7-8(2)10(4)14-13(9(7)3)16-15(21-14)11-5-6-12(20-11)17(18)19;1-7-8(2)10(4)14-13(9(7)3)17-15(19-14)11-5-6-12(16)18-11;1-5-6(2)8(4)10(12)9(11)7(5)3;7-3-4-1-2-5(10-4)6(8)9;1-2-3/h6-7H,1-5H3,(H,18,20);5-6H,1-4H3;5-6H,16H2,1-4H3;12H,11H2,1-4H3;1-3H;3H,2H2,1H3. The van der Waals surface area contributed by atoms with E-state index in [4.69, 9.17) is 31.5 Å². The predicted octanol–water partition coefficient (Wildman–Crippen LogP) is 19.5. The molecule has 87 heavy (non-hydrogen) atoms. The molecular weight excluding hydrogens is 1250 g/mol. The number of aryl methyl sites for hydroxylation is 6. The topological polar surface area (TPSA) is 243 Å². The molecule has 0 unspecified atom stereocenters. The highest BCUT2D eigenvalue weighted by atomic mass is 32.1. The lowest BCUT2D eigenvalue weighted by Gasteiger charge is -2.14. The SMILES string of the molecule is CC(=O)Nc1ccc(-c2nc3c(C)c(C)c(C)c(C)c3s2)s1.CCO.Cc1c(C)c(C)c(S)c(N)c1C.Cc1c(C)c(C)c2sc(-c3ccc(N)s3)nc2c1C.Cc1c(C)c(C)c2sc(-c3ccc([N+](=O)[O-])s3)nc2c1C.O=Cc1ccc([N+](=O)[O-])s1. The number of nitrogens with one attached hydrogen (secondary N) is 1. The number of thiazole rings is 3. The third-order valence-electron chi connectivity index (χ3n) is 15.6. The fourth-order valence-electron chi connectivity index (χ4n) is 9.06. The Morgan fingerprint density at radius 2 is 0.851 bits per heavy atom. The third-order valence-corrected chi connectivity index (χ3v) is 24.1. The number of hydrogen-bond acceptors (Lipinski definition) is 20. The number of aliphatic hydroxyl groups excluding tert-OH is 1. The number of rotatable bonds is 7. The lowest BCUT2D eigenvalue weighted by Crippen LogP contribution is -2.03. The van der Waals surface area contributed by atoms with Gasteiger partial charge in [0.15, 0.2) is 6.29 Å². The molecule has 0 saturated carbocycles. The number of amides is 1. The van der Waals surface area contributed by atoms with Crippen molar-refractivity contribution >= 4 is 161 Å². The van der Waals surface area contributed by atoms with Gasteiger partial charge in [-0.1, -0.05) is 22.7 Å². The van der Waals surface area contributed by atoms with E-state index in [1.165, 1.54) is 128 Å². The number of anilines is 3. The minimum absolute atomic E-state index is 0.00194. The smallest absolute Gasteiger partial charge is 0.324 e. The second-order valence-corrected chi connectivity index (χ2v) is 28.5. The Morgan fingerprint density at radius 3 is 1.21 bits per heavy atom. The maximum atomic E-state index is 11.1. The van der Waals surface area contributed by atoms with Gasteiger partial charge < -0.3 is 21.9 Å². The second kappa shape index (κ2) is 29.5. The van der Waals surface area contributed by atoms with E-state index in [0.717, 1.165) is 83.7 Å². The number of benzene rings is 4. The fraction of sp³-hybridized carbons (Fsp3) is 0.297. The highest BCUT2D eigenvalue weighted by Gasteiger charge is 2.21. The van der Waals surface area contributed by atoms with Crippen molar-refractivity contribution in [3.05, 3.63) is 163 Å². The highest BCUT2D eigenvalue weighted by Crippen LogP contribution is 2.43. The molecule has 0 saturated heterocycles. The van der Waals surface area contributed by atoms with Crippen LogP contribution in [0, 0.1) is 131 Å². The summed E-state index contributed by atoms with van der Waals surface area (Å²) in [6.45, 7) is 37.6. The van der Waals surface area contributed by atoms with Crippen LogP contribution in [-0.4, -0.2) is 48.7 Å². The molecule has 0 bridgehead atoms. The normalized spacial score (nSPS) is 10.7. The van der Waals surface area contributed by atoms with Crippen LogP contribution in [0.15, 0.2) is 53.4 Å². The molecular formula is C64H72N8O7S8. The van der Waals surface area contributed by atoms with Crippen LogP contribution in [0.2, 0.25) is 0 Å². The van der Waals surface area contributed by atoms with E-state index in [-0.39, 0.29) is 27.4 Å². The largest absolute Gasteiger partial charge is 0.398 e. The maximum absolute atomic E-state index is 11.1. The van der Waals surface area contributed by atoms with Crippen LogP contribution in [0.4, 0.5) is 25.7 Å². The van der Waals surface area contributed by atoms with Crippen molar-refractivity contribution in [1.82, 2.24) is 15.0 Å². The molecule has 7 heterocycles. The van der Waals surface area contributed by atoms with Gasteiger partial charge in [-0.2, -0.15) is 0 Å². The summed E-state index contributed by atoms with van der Waals surface area (Å²) in [5, 5.41) is 36.1. The molecule has 0 atom stereocenters. The molecule has 23 heteroatoms. The van der Waals surface area contributed by atoms with Gasteiger partial charge in [0.1, 0.15) is 15.0 Å². The van der Waals surface area contributed by atoms with E-state index in [1.54, 1.807) is 75.7 Å². The van der Waals surface area contributed by atoms with Crippen molar-refractivity contribution in [3.8, 4) is 29.7 Å². The molecule has 458 valence electrons. The predicted molar refractivity (Wildman–Crippen MR) is 377 cm³/mol. The fourth-order valence-corrected chi connectivity index (χ4v) is 16.3. The first-order valence-corrected chi connectivity index (χ1v) is 33.5. The zero-order chi connectivity index (χ0) is 64.8. The quantitative estimate of drug-likeness (QED) is 0.0329. The van der Waals surface area contributed by atoms with Gasteiger partial charge >= 0.3 is 10.0 Å². The summed E-state index contributed by atoms with van der Waals surface area (Å²) in [4.78, 5) is 60.0. The molecule has 15 nitrogen and oxygen atoms in total. The molecule has 7 aromatic heterocycles. The molecule has 11 rings (SSSR count). The number of aliphatic hydroxyl groups is 1. The van der Waals surface area contributed by atoms with E-state index in [2.05, 4.69) is 128 Å². The second-order valence-electron chi connectivity index (χ2n) is 20.7. The molecule has 0 radical (unpaired) electrons. The number of fused-ring (bicyclic) bond motifs is 3. The van der Waals surface area contributed by atoms with Gasteiger partial charge in [-0.25, -0.2) is 15.0 Å². The summed E-state index contributed by atoms with van der Waals surface area (Å²) in [6, 6.07) is 14.0. The lowest BCUT2D eigenvalue weighted by atomic mass is 9.98. The third kappa shape index (κ3) is 15.4. The number of nitrogens with zero attached hydrogens (tertiary/aromatic N) is 5. The zero-order valence-electron chi connectivity index (χ0n) is 52.0. The van der Waals surface area contributed by atoms with E-state index in [9.17, 15) is 29.8 Å². The van der Waals surface area contributed by atoms with Gasteiger partial charge in [0.05, 0.1) is 70.0 Å². The molecule has 0 spiro atoms. The number of carbonyl (C=O) groups is 2. The Bertz CT molecular complexity index is 4160. The van der Waals surface area contributed by atoms with E-state index in [0.29, 0.717) is 11.2 Å². The van der Waals surface area contributed by atoms with Crippen molar-refractivity contribution in [2.75, 3.05) is 23.4 Å². The minimum atomic E-state index is -0.516. The Labute approximate surface area is 541 Å². The molecule has 0 aliphatic heterocycles. The first-order chi connectivity index (χ1) is 40.9. The summed E-state index contributed by atoms with van der Waals surface area (Å²) >= 11 is 14.7. The van der Waals surface area contributed by atoms with Gasteiger partial charge in [-0.05, 0) is 243 Å². The van der Waals surface area contributed by atoms with E-state index < -0.39 is 4.92 Å². The van der Waals surface area contributed by atoms with Crippen molar-refractivity contribution in [2.24, 2.45) is 0 Å². The molecule has 4 aromatic carbocycles. The zero-order valence-corrected chi connectivity index (χ0v) is 58.6. The van der Waals surface area contributed by atoms with Crippen LogP contribution in [-0.2, 0) is 4.79 Å². The lowest BCUT2D eigenvalue weighted by molar-refractivity contribution is -0.380. The maximum Gasteiger partial charge on any atom is 0.324 e. The molecule has 1 amide bonds. The van der Waals surface area contributed by atoms with Crippen LogP contribution in [0.25, 0.3) is 60.3 Å². The summed E-state index contributed by atoms with van der Waals surface area (Å²) in [5.41, 5.74) is 36.4. The van der Waals surface area contributed by atoms with Gasteiger partial charge in [-0.3, -0.25) is 29.8 Å². The average molecular weight is 1320 g/mol. The first-order valence-electron chi connectivity index (χ1n) is 27.3. The van der Waals surface area contributed by atoms with Crippen molar-refractivity contribution < 1.29 is 24.5 Å². The molecule has 0 fully saturated rings. The Morgan fingerprint density at radius 1 is 0.506 bits per heavy atom. The number of aldehydes is 1. The molecule has 0 aliphatic carbocycles. The number of thiophene rings is 4. The number of nitrogen functional groups attached to an aromatic ring is 2. The summed E-state index contributed by atoms with van der Waals surface area (Å²) in [5.74, 6) is -0.0457. The summed E-state index contributed by atoms with van der Waals surface area (Å²) in [7, 11) is 0. The number of carbonyl (C=O) groups excluding carboxylic acids is 2. The van der Waals surface area contributed by atoms with Crippen LogP contribution >= 0.6 is 92.0 Å². The van der Waals surface area contributed by atoms with Crippen LogP contribution in [0.3, 0.4) is 0 Å². The Balaban J connectivity index is 0.000000176. The van der Waals surface area contributed by atoms with Gasteiger partial charge in [0.2, 0.25) is 5.91 Å². The monoisotopic (exact) mass is 1320 g/mol. The van der Waals surface area contributed by atoms with Crippen LogP contribution in [0.5, 0.6) is 0 Å². The number of aromatic nitrogens is 3. The van der Waals surface area contributed by atoms with E-state index in [1.807, 2.05) is 25.1 Å². The minimum Gasteiger partial charge on any atom is -0.398 e. The van der Waals surface area contributed by atoms with E-state index >= 15 is 0 Å². The number of thiol groups is 1. The van der Waals surface area contributed by atoms with Gasteiger partial charge in [-0.15, -0.1) is 69.3 Å². The van der Waals surface area contributed by atoms with Crippen molar-refractivity contribution in [3.63, 3.8) is 0 Å². The summed E-state index contributed by atoms with van der Waals surface area (Å²) < 4.78 is 3.76. The van der Waals surface area contributed by atoms with Crippen molar-refractivity contribution in [2.45, 2.75) is 130 Å². The van der Waals surface area contributed by atoms with Gasteiger partial charge in [0.25, 0.3) is 0 Å². The number of nitro groups is 2. The van der Waals surface area contributed by atoms with Crippen LogP contribution < -0.4 is 16.8 Å². The van der Waals surface area contributed by atoms with Crippen molar-refractivity contribution in [1.29, 1.82) is 0 Å². The molecule has 11 aromatic rings. The van der Waals surface area contributed by atoms with Crippen LogP contribution in [0.1, 0.15) is 113 Å². The molecule has 0 aliphatic rings. The number of hydrogen-bond donors (Lipinski definition) is 5. The highest BCUT2D eigenvalue weighted by molar-refractivity contribution is 7.80. The first kappa shape index (κ1) is 69.3. The Kier molecular flexibility index (Phi) is 23.5. The average Bonchev–Trinajstić information content (AvgIpc) is 1.73.